The fourth-order valence-corrected chi connectivity index (χ4v) is 4.52. The van der Waals surface area contributed by atoms with Crippen molar-refractivity contribution in [3.05, 3.63) is 66.1 Å². The number of hydrogen-bond acceptors (Lipinski definition) is 5. The Morgan fingerprint density at radius 2 is 1.86 bits per heavy atom. The lowest BCUT2D eigenvalue weighted by Gasteiger charge is -2.27. The lowest BCUT2D eigenvalue weighted by molar-refractivity contribution is 0.0731. The summed E-state index contributed by atoms with van der Waals surface area (Å²) in [6.45, 7) is 2.32. The van der Waals surface area contributed by atoms with Crippen LogP contribution in [0.1, 0.15) is 10.4 Å². The van der Waals surface area contributed by atoms with Gasteiger partial charge in [-0.25, -0.2) is 12.8 Å². The van der Waals surface area contributed by atoms with Gasteiger partial charge in [-0.3, -0.25) is 14.5 Å². The summed E-state index contributed by atoms with van der Waals surface area (Å²) in [5.74, 6) is -1.18. The van der Waals surface area contributed by atoms with Gasteiger partial charge >= 0.3 is 0 Å². The molecule has 0 spiro atoms. The van der Waals surface area contributed by atoms with Gasteiger partial charge in [0.1, 0.15) is 10.7 Å². The highest BCUT2D eigenvalue weighted by atomic mass is 32.2. The van der Waals surface area contributed by atoms with Crippen LogP contribution >= 0.6 is 0 Å². The third-order valence-electron chi connectivity index (χ3n) is 4.74. The number of pyridine rings is 1. The van der Waals surface area contributed by atoms with E-state index < -0.39 is 21.7 Å². The molecular weight excluding hydrogens is 395 g/mol. The quantitative estimate of drug-likeness (QED) is 0.683. The molecule has 1 amide bonds. The maximum atomic E-state index is 14.6. The van der Waals surface area contributed by atoms with Gasteiger partial charge in [0.25, 0.3) is 15.9 Å². The zero-order chi connectivity index (χ0) is 20.4. The summed E-state index contributed by atoms with van der Waals surface area (Å²) in [5, 5.41) is 3.81. The molecule has 3 aromatic rings. The second-order valence-electron chi connectivity index (χ2n) is 6.67. The molecule has 9 heteroatoms. The lowest BCUT2D eigenvalue weighted by Crippen LogP contribution is -2.46. The van der Waals surface area contributed by atoms with Crippen molar-refractivity contribution < 1.29 is 17.6 Å². The van der Waals surface area contributed by atoms with Gasteiger partial charge in [-0.15, -0.1) is 0 Å². The fraction of sp³-hybridized carbons (Fsp3) is 0.200. The number of rotatable bonds is 4. The van der Waals surface area contributed by atoms with Crippen LogP contribution in [0, 0.1) is 5.82 Å². The van der Waals surface area contributed by atoms with Gasteiger partial charge < -0.3 is 10.2 Å². The van der Waals surface area contributed by atoms with Crippen molar-refractivity contribution in [2.45, 2.75) is 4.90 Å². The van der Waals surface area contributed by atoms with E-state index in [1.54, 1.807) is 29.2 Å². The second kappa shape index (κ2) is 7.76. The van der Waals surface area contributed by atoms with E-state index in [-0.39, 0.29) is 16.1 Å². The molecule has 2 aromatic carbocycles. The van der Waals surface area contributed by atoms with Crippen molar-refractivity contribution in [2.24, 2.45) is 0 Å². The summed E-state index contributed by atoms with van der Waals surface area (Å²) in [4.78, 5) is 18.2. The van der Waals surface area contributed by atoms with Crippen molar-refractivity contribution in [2.75, 3.05) is 30.9 Å². The first-order valence-corrected chi connectivity index (χ1v) is 10.6. The Hall–Kier alpha value is -3.04. The number of aromatic nitrogens is 1. The van der Waals surface area contributed by atoms with E-state index in [0.29, 0.717) is 37.1 Å². The second-order valence-corrected chi connectivity index (χ2v) is 8.32. The molecule has 2 heterocycles. The Morgan fingerprint density at radius 3 is 2.62 bits per heavy atom. The number of anilines is 1. The van der Waals surface area contributed by atoms with Crippen LogP contribution in [0.2, 0.25) is 0 Å². The molecule has 1 aliphatic heterocycles. The lowest BCUT2D eigenvalue weighted by atomic mass is 10.1. The maximum absolute atomic E-state index is 14.6. The molecule has 150 valence electrons. The van der Waals surface area contributed by atoms with Crippen LogP contribution < -0.4 is 10.0 Å². The van der Waals surface area contributed by atoms with Crippen LogP contribution in [0.5, 0.6) is 0 Å². The first-order valence-electron chi connectivity index (χ1n) is 9.12. The normalized spacial score (nSPS) is 14.7. The minimum atomic E-state index is -3.99. The van der Waals surface area contributed by atoms with Crippen molar-refractivity contribution in [1.29, 1.82) is 0 Å². The number of carbonyl (C=O) groups excluding carboxylic acids is 1. The molecule has 1 aliphatic rings. The molecule has 0 aliphatic carbocycles. The Labute approximate surface area is 167 Å². The number of para-hydroxylation sites is 1. The van der Waals surface area contributed by atoms with Crippen LogP contribution in [-0.4, -0.2) is 50.4 Å². The summed E-state index contributed by atoms with van der Waals surface area (Å²) >= 11 is 0. The predicted octanol–water partition coefficient (Wildman–Crippen LogP) is 2.22. The molecule has 0 atom stereocenters. The molecule has 1 aromatic heterocycles. The van der Waals surface area contributed by atoms with Crippen molar-refractivity contribution in [3.8, 4) is 0 Å². The average Bonchev–Trinajstić information content (AvgIpc) is 2.73. The molecule has 0 bridgehead atoms. The number of hydrogen-bond donors (Lipinski definition) is 2. The molecule has 4 rings (SSSR count). The largest absolute Gasteiger partial charge is 0.336 e. The topological polar surface area (TPSA) is 91.4 Å². The van der Waals surface area contributed by atoms with Gasteiger partial charge in [0.15, 0.2) is 0 Å². The van der Waals surface area contributed by atoms with Gasteiger partial charge in [-0.1, -0.05) is 18.2 Å². The summed E-state index contributed by atoms with van der Waals surface area (Å²) in [5.41, 5.74) is 0.280. The zero-order valence-electron chi connectivity index (χ0n) is 15.4. The van der Waals surface area contributed by atoms with Crippen LogP contribution in [0.3, 0.4) is 0 Å². The van der Waals surface area contributed by atoms with E-state index in [0.717, 1.165) is 6.07 Å². The van der Waals surface area contributed by atoms with Crippen LogP contribution in [0.4, 0.5) is 10.1 Å². The molecule has 2 N–H and O–H groups in total. The number of nitrogens with zero attached hydrogens (tertiary/aromatic N) is 2. The third kappa shape index (κ3) is 3.92. The summed E-state index contributed by atoms with van der Waals surface area (Å²) < 4.78 is 42.6. The van der Waals surface area contributed by atoms with Crippen molar-refractivity contribution in [1.82, 2.24) is 15.2 Å². The third-order valence-corrected chi connectivity index (χ3v) is 6.15. The van der Waals surface area contributed by atoms with Crippen molar-refractivity contribution >= 4 is 32.5 Å². The van der Waals surface area contributed by atoms with E-state index in [2.05, 4.69) is 15.0 Å². The monoisotopic (exact) mass is 414 g/mol. The van der Waals surface area contributed by atoms with Crippen LogP contribution in [-0.2, 0) is 10.0 Å². The van der Waals surface area contributed by atoms with Gasteiger partial charge in [0.05, 0.1) is 16.8 Å². The van der Waals surface area contributed by atoms with E-state index in [4.69, 9.17) is 0 Å². The number of benzene rings is 2. The Morgan fingerprint density at radius 1 is 1.10 bits per heavy atom. The maximum Gasteiger partial charge on any atom is 0.264 e. The predicted molar refractivity (Wildman–Crippen MR) is 108 cm³/mol. The zero-order valence-corrected chi connectivity index (χ0v) is 16.2. The SMILES string of the molecule is O=C(c1ccc(NS(=O)(=O)c2cccc3cccnc23)cc1F)N1CCNCC1. The van der Waals surface area contributed by atoms with Gasteiger partial charge in [-0.05, 0) is 30.3 Å². The van der Waals surface area contributed by atoms with Crippen LogP contribution in [0.25, 0.3) is 10.9 Å². The Bertz CT molecular complexity index is 1170. The van der Waals surface area contributed by atoms with Gasteiger partial charge in [-0.2, -0.15) is 0 Å². The first kappa shape index (κ1) is 19.3. The minimum Gasteiger partial charge on any atom is -0.336 e. The summed E-state index contributed by atoms with van der Waals surface area (Å²) in [6, 6.07) is 12.0. The molecule has 7 nitrogen and oxygen atoms in total. The van der Waals surface area contributed by atoms with E-state index in [1.165, 1.54) is 24.4 Å². The van der Waals surface area contributed by atoms with E-state index in [9.17, 15) is 17.6 Å². The number of fused-ring (bicyclic) bond motifs is 1. The minimum absolute atomic E-state index is 0.00280. The Kier molecular flexibility index (Phi) is 5.16. The van der Waals surface area contributed by atoms with E-state index in [1.807, 2.05) is 0 Å². The molecule has 1 fully saturated rings. The van der Waals surface area contributed by atoms with Gasteiger partial charge in [0, 0.05) is 37.8 Å². The smallest absolute Gasteiger partial charge is 0.264 e. The molecule has 1 saturated heterocycles. The first-order chi connectivity index (χ1) is 14.0. The molecule has 0 saturated carbocycles. The number of amides is 1. The standard InChI is InChI=1S/C20H19FN4O3S/c21-17-13-15(6-7-16(17)20(26)25-11-9-22-10-12-25)24-29(27,28)18-5-1-3-14-4-2-8-23-19(14)18/h1-8,13,22,24H,9-12H2. The van der Waals surface area contributed by atoms with Crippen molar-refractivity contribution in [3.63, 3.8) is 0 Å². The average molecular weight is 414 g/mol. The molecular formula is C20H19FN4O3S. The molecule has 0 unspecified atom stereocenters. The Balaban J connectivity index is 1.60. The number of nitrogens with one attached hydrogen (secondary N) is 2. The highest BCUT2D eigenvalue weighted by molar-refractivity contribution is 7.93. The highest BCUT2D eigenvalue weighted by Gasteiger charge is 2.23. The molecule has 29 heavy (non-hydrogen) atoms. The van der Waals surface area contributed by atoms with Gasteiger partial charge in [0.2, 0.25) is 0 Å². The number of halogens is 1. The van der Waals surface area contributed by atoms with Crippen LogP contribution in [0.15, 0.2) is 59.6 Å². The number of piperazine rings is 1. The highest BCUT2D eigenvalue weighted by Crippen LogP contribution is 2.24. The summed E-state index contributed by atoms with van der Waals surface area (Å²) in [6.07, 6.45) is 1.51. The summed E-state index contributed by atoms with van der Waals surface area (Å²) in [7, 11) is -3.99. The van der Waals surface area contributed by atoms with E-state index >= 15 is 0 Å². The molecule has 0 radical (unpaired) electrons. The number of sulfonamides is 1. The fourth-order valence-electron chi connectivity index (χ4n) is 3.29. The number of carbonyl (C=O) groups is 1.